The molecule has 3 aromatic rings. The molecule has 1 amide bonds. The Morgan fingerprint density at radius 1 is 1.17 bits per heavy atom. The van der Waals surface area contributed by atoms with Crippen LogP contribution in [0, 0.1) is 11.3 Å². The van der Waals surface area contributed by atoms with Gasteiger partial charge in [-0.3, -0.25) is 4.79 Å². The van der Waals surface area contributed by atoms with Gasteiger partial charge in [0.05, 0.1) is 24.1 Å². The molecule has 1 aromatic heterocycles. The van der Waals surface area contributed by atoms with Crippen LogP contribution in [0.1, 0.15) is 23.0 Å². The maximum absolute atomic E-state index is 12.4. The van der Waals surface area contributed by atoms with Crippen molar-refractivity contribution in [2.24, 2.45) is 0 Å². The van der Waals surface area contributed by atoms with E-state index in [0.29, 0.717) is 16.9 Å². The molecule has 29 heavy (non-hydrogen) atoms. The summed E-state index contributed by atoms with van der Waals surface area (Å²) in [5.74, 6) is -1.03. The first kappa shape index (κ1) is 19.5. The number of carbonyl (C=O) groups excluding carboxylic acids is 2. The SMILES string of the molecule is CCOC(=O)c1ccc(NC(=O)C(C#N)=Cc2cnn(-c3ccccc3)n2)cc1. The number of esters is 1. The van der Waals surface area contributed by atoms with Gasteiger partial charge in [0, 0.05) is 5.69 Å². The van der Waals surface area contributed by atoms with Crippen LogP contribution in [0.25, 0.3) is 11.8 Å². The van der Waals surface area contributed by atoms with Crippen LogP contribution in [0.3, 0.4) is 0 Å². The molecule has 0 aliphatic rings. The minimum Gasteiger partial charge on any atom is -0.462 e. The van der Waals surface area contributed by atoms with Crippen molar-refractivity contribution in [2.45, 2.75) is 6.92 Å². The van der Waals surface area contributed by atoms with Gasteiger partial charge in [0.15, 0.2) is 0 Å². The van der Waals surface area contributed by atoms with Gasteiger partial charge < -0.3 is 10.1 Å². The van der Waals surface area contributed by atoms with Crippen molar-refractivity contribution in [3.05, 3.63) is 77.6 Å². The Labute approximate surface area is 167 Å². The Kier molecular flexibility index (Phi) is 6.12. The van der Waals surface area contributed by atoms with Crippen molar-refractivity contribution in [2.75, 3.05) is 11.9 Å². The first-order chi connectivity index (χ1) is 14.1. The predicted octanol–water partition coefficient (Wildman–Crippen LogP) is 2.99. The Bertz CT molecular complexity index is 1080. The lowest BCUT2D eigenvalue weighted by atomic mass is 10.2. The van der Waals surface area contributed by atoms with Gasteiger partial charge in [0.2, 0.25) is 0 Å². The zero-order chi connectivity index (χ0) is 20.6. The van der Waals surface area contributed by atoms with E-state index >= 15 is 0 Å². The van der Waals surface area contributed by atoms with E-state index in [2.05, 4.69) is 15.5 Å². The number of hydrogen-bond donors (Lipinski definition) is 1. The van der Waals surface area contributed by atoms with Crippen LogP contribution in [0.4, 0.5) is 5.69 Å². The third kappa shape index (κ3) is 4.93. The van der Waals surface area contributed by atoms with Crippen molar-refractivity contribution in [3.8, 4) is 11.8 Å². The molecule has 2 aromatic carbocycles. The lowest BCUT2D eigenvalue weighted by Gasteiger charge is -2.05. The smallest absolute Gasteiger partial charge is 0.338 e. The van der Waals surface area contributed by atoms with E-state index in [4.69, 9.17) is 4.74 Å². The van der Waals surface area contributed by atoms with E-state index in [1.807, 2.05) is 36.4 Å². The fraction of sp³-hybridized carbons (Fsp3) is 0.0952. The fourth-order valence-corrected chi connectivity index (χ4v) is 2.43. The summed E-state index contributed by atoms with van der Waals surface area (Å²) in [5.41, 5.74) is 1.82. The lowest BCUT2D eigenvalue weighted by molar-refractivity contribution is -0.112. The quantitative estimate of drug-likeness (QED) is 0.395. The number of rotatable bonds is 6. The molecule has 1 N–H and O–H groups in total. The average Bonchev–Trinajstić information content (AvgIpc) is 3.22. The summed E-state index contributed by atoms with van der Waals surface area (Å²) < 4.78 is 4.91. The normalized spacial score (nSPS) is 10.8. The number of aromatic nitrogens is 3. The van der Waals surface area contributed by atoms with Gasteiger partial charge in [-0.05, 0) is 49.4 Å². The standard InChI is InChI=1S/C21H17N5O3/c1-2-29-21(28)15-8-10-17(11-9-15)24-20(27)16(13-22)12-18-14-23-26(25-18)19-6-4-3-5-7-19/h3-12,14H,2H2,1H3,(H,24,27). The summed E-state index contributed by atoms with van der Waals surface area (Å²) in [7, 11) is 0. The maximum Gasteiger partial charge on any atom is 0.338 e. The molecule has 1 heterocycles. The molecule has 0 saturated heterocycles. The highest BCUT2D eigenvalue weighted by atomic mass is 16.5. The highest BCUT2D eigenvalue weighted by molar-refractivity contribution is 6.09. The molecule has 0 saturated carbocycles. The average molecular weight is 387 g/mol. The molecular formula is C21H17N5O3. The van der Waals surface area contributed by atoms with E-state index in [0.717, 1.165) is 5.69 Å². The van der Waals surface area contributed by atoms with Crippen LogP contribution in [-0.2, 0) is 9.53 Å². The maximum atomic E-state index is 12.4. The van der Waals surface area contributed by atoms with E-state index in [9.17, 15) is 14.9 Å². The van der Waals surface area contributed by atoms with Crippen molar-refractivity contribution in [3.63, 3.8) is 0 Å². The Balaban J connectivity index is 1.72. The van der Waals surface area contributed by atoms with Gasteiger partial charge in [-0.1, -0.05) is 18.2 Å². The first-order valence-corrected chi connectivity index (χ1v) is 8.79. The zero-order valence-electron chi connectivity index (χ0n) is 15.6. The topological polar surface area (TPSA) is 110 Å². The lowest BCUT2D eigenvalue weighted by Crippen LogP contribution is -2.13. The minimum atomic E-state index is -0.592. The zero-order valence-corrected chi connectivity index (χ0v) is 15.6. The number of nitrogens with one attached hydrogen (secondary N) is 1. The molecule has 0 bridgehead atoms. The summed E-state index contributed by atoms with van der Waals surface area (Å²) in [4.78, 5) is 25.5. The Morgan fingerprint density at radius 2 is 1.90 bits per heavy atom. The summed E-state index contributed by atoms with van der Waals surface area (Å²) >= 11 is 0. The van der Waals surface area contributed by atoms with Crippen LogP contribution < -0.4 is 5.32 Å². The van der Waals surface area contributed by atoms with Crippen molar-refractivity contribution >= 4 is 23.6 Å². The first-order valence-electron chi connectivity index (χ1n) is 8.79. The van der Waals surface area contributed by atoms with E-state index in [1.54, 1.807) is 19.1 Å². The Hall–Kier alpha value is -4.25. The molecule has 0 atom stereocenters. The second-order valence-corrected chi connectivity index (χ2v) is 5.82. The van der Waals surface area contributed by atoms with Crippen LogP contribution in [0.15, 0.2) is 66.4 Å². The summed E-state index contributed by atoms with van der Waals surface area (Å²) in [6.45, 7) is 2.00. The van der Waals surface area contributed by atoms with Crippen LogP contribution in [-0.4, -0.2) is 33.5 Å². The van der Waals surface area contributed by atoms with Crippen molar-refractivity contribution in [1.29, 1.82) is 5.26 Å². The molecule has 8 heteroatoms. The number of hydrogen-bond acceptors (Lipinski definition) is 6. The number of nitriles is 1. The van der Waals surface area contributed by atoms with Gasteiger partial charge >= 0.3 is 5.97 Å². The van der Waals surface area contributed by atoms with Gasteiger partial charge in [0.1, 0.15) is 17.3 Å². The molecule has 0 aliphatic heterocycles. The van der Waals surface area contributed by atoms with Gasteiger partial charge in [-0.2, -0.15) is 15.2 Å². The summed E-state index contributed by atoms with van der Waals surface area (Å²) in [6.07, 6.45) is 2.82. The largest absolute Gasteiger partial charge is 0.462 e. The number of benzene rings is 2. The Morgan fingerprint density at radius 3 is 2.55 bits per heavy atom. The second kappa shape index (κ2) is 9.10. The minimum absolute atomic E-state index is 0.125. The molecule has 0 fully saturated rings. The fourth-order valence-electron chi connectivity index (χ4n) is 2.43. The number of amides is 1. The van der Waals surface area contributed by atoms with Crippen LogP contribution >= 0.6 is 0 Å². The molecule has 0 spiro atoms. The van der Waals surface area contributed by atoms with Gasteiger partial charge in [-0.15, -0.1) is 5.10 Å². The number of anilines is 1. The predicted molar refractivity (Wildman–Crippen MR) is 106 cm³/mol. The van der Waals surface area contributed by atoms with Crippen LogP contribution in [0.2, 0.25) is 0 Å². The molecule has 0 unspecified atom stereocenters. The third-order valence-corrected chi connectivity index (χ3v) is 3.81. The van der Waals surface area contributed by atoms with Gasteiger partial charge in [0.25, 0.3) is 5.91 Å². The molecule has 0 radical (unpaired) electrons. The van der Waals surface area contributed by atoms with Crippen molar-refractivity contribution < 1.29 is 14.3 Å². The summed E-state index contributed by atoms with van der Waals surface area (Å²) in [6, 6.07) is 17.3. The second-order valence-electron chi connectivity index (χ2n) is 5.82. The van der Waals surface area contributed by atoms with Crippen molar-refractivity contribution in [1.82, 2.24) is 15.0 Å². The summed E-state index contributed by atoms with van der Waals surface area (Å²) in [5, 5.41) is 20.3. The highest BCUT2D eigenvalue weighted by Gasteiger charge is 2.12. The monoisotopic (exact) mass is 387 g/mol. The van der Waals surface area contributed by atoms with Gasteiger partial charge in [-0.25, -0.2) is 4.79 Å². The van der Waals surface area contributed by atoms with Crippen LogP contribution in [0.5, 0.6) is 0 Å². The molecule has 8 nitrogen and oxygen atoms in total. The number of nitrogens with zero attached hydrogens (tertiary/aromatic N) is 4. The van der Waals surface area contributed by atoms with E-state index in [-0.39, 0.29) is 12.2 Å². The number of carbonyl (C=O) groups is 2. The molecule has 3 rings (SSSR count). The third-order valence-electron chi connectivity index (χ3n) is 3.81. The highest BCUT2D eigenvalue weighted by Crippen LogP contribution is 2.13. The van der Waals surface area contributed by atoms with E-state index < -0.39 is 11.9 Å². The molecule has 0 aliphatic carbocycles. The number of para-hydroxylation sites is 1. The molecular weight excluding hydrogens is 370 g/mol. The molecule has 144 valence electrons. The number of ether oxygens (including phenoxy) is 1. The van der Waals surface area contributed by atoms with E-state index in [1.165, 1.54) is 29.2 Å².